The van der Waals surface area contributed by atoms with Crippen LogP contribution >= 0.6 is 0 Å². The molecule has 21 heavy (non-hydrogen) atoms. The SMILES string of the molecule is CCCCS(=O)(=O)N(CCO)C1CCCc2ccccc21. The first-order valence-electron chi connectivity index (χ1n) is 7.78. The predicted octanol–water partition coefficient (Wildman–Crippen LogP) is 2.49. The van der Waals surface area contributed by atoms with Crippen LogP contribution in [0.4, 0.5) is 0 Å². The molecule has 1 atom stereocenters. The summed E-state index contributed by atoms with van der Waals surface area (Å²) in [4.78, 5) is 0. The zero-order valence-electron chi connectivity index (χ0n) is 12.7. The van der Waals surface area contributed by atoms with E-state index in [1.54, 1.807) is 0 Å². The first-order valence-corrected chi connectivity index (χ1v) is 9.39. The van der Waals surface area contributed by atoms with Crippen LogP contribution in [0.1, 0.15) is 49.8 Å². The van der Waals surface area contributed by atoms with Gasteiger partial charge < -0.3 is 5.11 Å². The van der Waals surface area contributed by atoms with Crippen LogP contribution < -0.4 is 0 Å². The summed E-state index contributed by atoms with van der Waals surface area (Å²) < 4.78 is 26.7. The lowest BCUT2D eigenvalue weighted by molar-refractivity contribution is 0.215. The van der Waals surface area contributed by atoms with Gasteiger partial charge in [-0.3, -0.25) is 0 Å². The van der Waals surface area contributed by atoms with Crippen LogP contribution in [-0.4, -0.2) is 36.7 Å². The molecule has 0 fully saturated rings. The lowest BCUT2D eigenvalue weighted by atomic mass is 9.88. The maximum absolute atomic E-state index is 12.6. The average Bonchev–Trinajstić information content (AvgIpc) is 2.50. The molecule has 1 unspecified atom stereocenters. The van der Waals surface area contributed by atoms with Crippen molar-refractivity contribution < 1.29 is 13.5 Å². The summed E-state index contributed by atoms with van der Waals surface area (Å²) in [6, 6.07) is 7.95. The third-order valence-corrected chi connectivity index (χ3v) is 6.08. The summed E-state index contributed by atoms with van der Waals surface area (Å²) in [7, 11) is -3.32. The predicted molar refractivity (Wildman–Crippen MR) is 84.6 cm³/mol. The Labute approximate surface area is 127 Å². The van der Waals surface area contributed by atoms with Crippen molar-refractivity contribution in [3.63, 3.8) is 0 Å². The highest BCUT2D eigenvalue weighted by Gasteiger charge is 2.32. The average molecular weight is 311 g/mol. The van der Waals surface area contributed by atoms with Crippen molar-refractivity contribution in [2.75, 3.05) is 18.9 Å². The maximum atomic E-state index is 12.6. The fourth-order valence-corrected chi connectivity index (χ4v) is 4.91. The van der Waals surface area contributed by atoms with E-state index in [0.717, 1.165) is 31.2 Å². The fraction of sp³-hybridized carbons (Fsp3) is 0.625. The Hall–Kier alpha value is -0.910. The number of aryl methyl sites for hydroxylation is 1. The Morgan fingerprint density at radius 3 is 2.81 bits per heavy atom. The van der Waals surface area contributed by atoms with Crippen LogP contribution in [0.3, 0.4) is 0 Å². The Kier molecular flexibility index (Phi) is 5.79. The Morgan fingerprint density at radius 1 is 1.33 bits per heavy atom. The summed E-state index contributed by atoms with van der Waals surface area (Å²) in [5.74, 6) is 0.169. The molecule has 0 bridgehead atoms. The summed E-state index contributed by atoms with van der Waals surface area (Å²) in [6.45, 7) is 2.04. The van der Waals surface area contributed by atoms with Gasteiger partial charge in [0.15, 0.2) is 0 Å². The van der Waals surface area contributed by atoms with Gasteiger partial charge in [-0.25, -0.2) is 8.42 Å². The summed E-state index contributed by atoms with van der Waals surface area (Å²) >= 11 is 0. The number of nitrogens with zero attached hydrogens (tertiary/aromatic N) is 1. The van der Waals surface area contributed by atoms with E-state index < -0.39 is 10.0 Å². The van der Waals surface area contributed by atoms with Crippen LogP contribution in [0.5, 0.6) is 0 Å². The molecular formula is C16H25NO3S. The molecule has 1 aliphatic carbocycles. The van der Waals surface area contributed by atoms with Crippen LogP contribution in [0.25, 0.3) is 0 Å². The first kappa shape index (κ1) is 16.5. The van der Waals surface area contributed by atoms with E-state index in [0.29, 0.717) is 6.42 Å². The number of aliphatic hydroxyl groups is 1. The highest BCUT2D eigenvalue weighted by atomic mass is 32.2. The first-order chi connectivity index (χ1) is 10.1. The minimum Gasteiger partial charge on any atom is -0.395 e. The van der Waals surface area contributed by atoms with E-state index in [1.807, 2.05) is 25.1 Å². The molecule has 0 saturated carbocycles. The second-order valence-corrected chi connectivity index (χ2v) is 7.65. The third kappa shape index (κ3) is 3.84. The molecule has 0 heterocycles. The van der Waals surface area contributed by atoms with Crippen molar-refractivity contribution in [2.24, 2.45) is 0 Å². The Bertz CT molecular complexity index is 556. The van der Waals surface area contributed by atoms with Gasteiger partial charge in [0.2, 0.25) is 10.0 Å². The second-order valence-electron chi connectivity index (χ2n) is 5.61. The van der Waals surface area contributed by atoms with Gasteiger partial charge >= 0.3 is 0 Å². The van der Waals surface area contributed by atoms with Crippen molar-refractivity contribution in [3.05, 3.63) is 35.4 Å². The summed E-state index contributed by atoms with van der Waals surface area (Å²) in [6.07, 6.45) is 4.36. The van der Waals surface area contributed by atoms with Gasteiger partial charge in [-0.05, 0) is 36.8 Å². The van der Waals surface area contributed by atoms with Gasteiger partial charge in [-0.2, -0.15) is 4.31 Å². The smallest absolute Gasteiger partial charge is 0.214 e. The van der Waals surface area contributed by atoms with Crippen molar-refractivity contribution in [1.82, 2.24) is 4.31 Å². The zero-order chi connectivity index (χ0) is 15.3. The largest absolute Gasteiger partial charge is 0.395 e. The highest BCUT2D eigenvalue weighted by molar-refractivity contribution is 7.89. The lowest BCUT2D eigenvalue weighted by Crippen LogP contribution is -2.39. The molecule has 0 radical (unpaired) electrons. The summed E-state index contributed by atoms with van der Waals surface area (Å²) in [5, 5.41) is 9.30. The normalized spacial score (nSPS) is 18.7. The lowest BCUT2D eigenvalue weighted by Gasteiger charge is -2.34. The van der Waals surface area contributed by atoms with Crippen LogP contribution in [-0.2, 0) is 16.4 Å². The van der Waals surface area contributed by atoms with E-state index in [2.05, 4.69) is 6.07 Å². The molecular weight excluding hydrogens is 286 g/mol. The number of unbranched alkanes of at least 4 members (excludes halogenated alkanes) is 1. The molecule has 1 aromatic carbocycles. The number of hydrogen-bond acceptors (Lipinski definition) is 3. The molecule has 0 aliphatic heterocycles. The molecule has 0 amide bonds. The van der Waals surface area contributed by atoms with E-state index in [9.17, 15) is 13.5 Å². The van der Waals surface area contributed by atoms with Gasteiger partial charge in [0.05, 0.1) is 18.4 Å². The number of sulfonamides is 1. The van der Waals surface area contributed by atoms with Crippen LogP contribution in [0.2, 0.25) is 0 Å². The van der Waals surface area contributed by atoms with E-state index >= 15 is 0 Å². The molecule has 0 aromatic heterocycles. The van der Waals surface area contributed by atoms with Gasteiger partial charge in [0, 0.05) is 6.54 Å². The van der Waals surface area contributed by atoms with Crippen molar-refractivity contribution in [3.8, 4) is 0 Å². The monoisotopic (exact) mass is 311 g/mol. The van der Waals surface area contributed by atoms with Gasteiger partial charge in [0.1, 0.15) is 0 Å². The van der Waals surface area contributed by atoms with Crippen LogP contribution in [0, 0.1) is 0 Å². The minimum absolute atomic E-state index is 0.121. The molecule has 2 rings (SSSR count). The van der Waals surface area contributed by atoms with Gasteiger partial charge in [-0.1, -0.05) is 37.6 Å². The van der Waals surface area contributed by atoms with Gasteiger partial charge in [-0.15, -0.1) is 0 Å². The maximum Gasteiger partial charge on any atom is 0.214 e. The summed E-state index contributed by atoms with van der Waals surface area (Å²) in [5.41, 5.74) is 2.35. The number of benzene rings is 1. The number of rotatable bonds is 7. The minimum atomic E-state index is -3.32. The van der Waals surface area contributed by atoms with Crippen molar-refractivity contribution >= 4 is 10.0 Å². The molecule has 1 N–H and O–H groups in total. The zero-order valence-corrected chi connectivity index (χ0v) is 13.5. The standard InChI is InChI=1S/C16H25NO3S/c1-2-3-13-21(19,20)17(11-12-18)16-10-6-8-14-7-4-5-9-15(14)16/h4-5,7,9,16,18H,2-3,6,8,10-13H2,1H3. The van der Waals surface area contributed by atoms with E-state index in [1.165, 1.54) is 9.87 Å². The number of hydrogen-bond donors (Lipinski definition) is 1. The Balaban J connectivity index is 2.31. The second kappa shape index (κ2) is 7.38. The number of fused-ring (bicyclic) bond motifs is 1. The molecule has 4 nitrogen and oxygen atoms in total. The molecule has 0 spiro atoms. The molecule has 5 heteroatoms. The van der Waals surface area contributed by atoms with E-state index in [-0.39, 0.29) is 24.9 Å². The van der Waals surface area contributed by atoms with Gasteiger partial charge in [0.25, 0.3) is 0 Å². The highest BCUT2D eigenvalue weighted by Crippen LogP contribution is 2.35. The fourth-order valence-electron chi connectivity index (χ4n) is 3.06. The molecule has 1 aliphatic rings. The van der Waals surface area contributed by atoms with E-state index in [4.69, 9.17) is 0 Å². The topological polar surface area (TPSA) is 57.6 Å². The van der Waals surface area contributed by atoms with Crippen molar-refractivity contribution in [2.45, 2.75) is 45.1 Å². The molecule has 0 saturated heterocycles. The third-order valence-electron chi connectivity index (χ3n) is 4.12. The molecule has 118 valence electrons. The van der Waals surface area contributed by atoms with Crippen molar-refractivity contribution in [1.29, 1.82) is 0 Å². The Morgan fingerprint density at radius 2 is 2.10 bits per heavy atom. The van der Waals surface area contributed by atoms with Crippen LogP contribution in [0.15, 0.2) is 24.3 Å². The molecule has 1 aromatic rings. The quantitative estimate of drug-likeness (QED) is 0.841. The number of aliphatic hydroxyl groups excluding tert-OH is 1.